The Balaban J connectivity index is 1.44. The molecule has 3 aromatic carbocycles. The molecule has 5 nitrogen and oxygen atoms in total. The Bertz CT molecular complexity index is 1340. The summed E-state index contributed by atoms with van der Waals surface area (Å²) in [6.07, 6.45) is 2.02. The molecule has 0 bridgehead atoms. The zero-order valence-electron chi connectivity index (χ0n) is 16.7. The van der Waals surface area contributed by atoms with E-state index in [4.69, 9.17) is 5.73 Å². The second kappa shape index (κ2) is 8.24. The highest BCUT2D eigenvalue weighted by Crippen LogP contribution is 2.27. The van der Waals surface area contributed by atoms with Crippen LogP contribution in [-0.4, -0.2) is 14.5 Å². The molecule has 0 spiro atoms. The lowest BCUT2D eigenvalue weighted by Crippen LogP contribution is -2.04. The summed E-state index contributed by atoms with van der Waals surface area (Å²) < 4.78 is 3.09. The van der Waals surface area contributed by atoms with Crippen LogP contribution in [0, 0.1) is 0 Å². The SMILES string of the molecule is Nc1nc(Nc2cccc(Br)c2)c2ccn(Cc3ccc(-c4ccccc4)cc3)c2n1. The first-order chi connectivity index (χ1) is 15.2. The van der Waals surface area contributed by atoms with E-state index in [0.29, 0.717) is 12.4 Å². The molecule has 0 saturated heterocycles. The van der Waals surface area contributed by atoms with Gasteiger partial charge in [-0.15, -0.1) is 0 Å². The molecule has 0 unspecified atom stereocenters. The van der Waals surface area contributed by atoms with Crippen molar-refractivity contribution in [1.82, 2.24) is 14.5 Å². The predicted molar refractivity (Wildman–Crippen MR) is 130 cm³/mol. The van der Waals surface area contributed by atoms with Gasteiger partial charge < -0.3 is 15.6 Å². The summed E-state index contributed by atoms with van der Waals surface area (Å²) in [5, 5.41) is 4.28. The van der Waals surface area contributed by atoms with Gasteiger partial charge in [0.25, 0.3) is 0 Å². The number of fused-ring (bicyclic) bond motifs is 1. The van der Waals surface area contributed by atoms with E-state index < -0.39 is 0 Å². The number of aromatic nitrogens is 3. The van der Waals surface area contributed by atoms with E-state index in [1.165, 1.54) is 16.7 Å². The van der Waals surface area contributed by atoms with Crippen molar-refractivity contribution in [1.29, 1.82) is 0 Å². The third-order valence-corrected chi connectivity index (χ3v) is 5.63. The molecule has 31 heavy (non-hydrogen) atoms. The third-order valence-electron chi connectivity index (χ3n) is 5.14. The predicted octanol–water partition coefficient (Wildman–Crippen LogP) is 6.23. The summed E-state index contributed by atoms with van der Waals surface area (Å²) in [7, 11) is 0. The van der Waals surface area contributed by atoms with Crippen molar-refractivity contribution in [3.63, 3.8) is 0 Å². The zero-order valence-corrected chi connectivity index (χ0v) is 18.3. The quantitative estimate of drug-likeness (QED) is 0.319. The molecule has 152 valence electrons. The molecule has 0 radical (unpaired) electrons. The molecule has 0 aliphatic heterocycles. The number of benzene rings is 3. The van der Waals surface area contributed by atoms with Crippen LogP contribution in [0.3, 0.4) is 0 Å². The van der Waals surface area contributed by atoms with Crippen molar-refractivity contribution in [2.75, 3.05) is 11.1 Å². The lowest BCUT2D eigenvalue weighted by molar-refractivity contribution is 0.825. The lowest BCUT2D eigenvalue weighted by Gasteiger charge is -2.10. The number of hydrogen-bond donors (Lipinski definition) is 2. The molecule has 0 fully saturated rings. The maximum absolute atomic E-state index is 6.03. The fourth-order valence-electron chi connectivity index (χ4n) is 3.64. The second-order valence-electron chi connectivity index (χ2n) is 7.31. The summed E-state index contributed by atoms with van der Waals surface area (Å²) >= 11 is 3.50. The van der Waals surface area contributed by atoms with Gasteiger partial charge in [-0.3, -0.25) is 0 Å². The van der Waals surface area contributed by atoms with Crippen molar-refractivity contribution in [3.8, 4) is 11.1 Å². The van der Waals surface area contributed by atoms with Gasteiger partial charge in [0, 0.05) is 22.9 Å². The Hall–Kier alpha value is -3.64. The van der Waals surface area contributed by atoms with E-state index in [0.717, 1.165) is 21.2 Å². The Labute approximate surface area is 188 Å². The molecule has 0 aliphatic carbocycles. The number of halogens is 1. The molecular weight excluding hydrogens is 450 g/mol. The molecular formula is C25H20BrN5. The average molecular weight is 470 g/mol. The van der Waals surface area contributed by atoms with E-state index in [1.807, 2.05) is 42.6 Å². The van der Waals surface area contributed by atoms with Crippen LogP contribution in [0.2, 0.25) is 0 Å². The number of nitrogen functional groups attached to an aromatic ring is 1. The normalized spacial score (nSPS) is 11.0. The lowest BCUT2D eigenvalue weighted by atomic mass is 10.0. The molecule has 2 aromatic heterocycles. The fourth-order valence-corrected chi connectivity index (χ4v) is 4.04. The molecule has 0 aliphatic rings. The van der Waals surface area contributed by atoms with Gasteiger partial charge in [-0.05, 0) is 41.0 Å². The first kappa shape index (κ1) is 19.3. The topological polar surface area (TPSA) is 68.8 Å². The number of nitrogens with zero attached hydrogens (tertiary/aromatic N) is 3. The maximum Gasteiger partial charge on any atom is 0.224 e. The van der Waals surface area contributed by atoms with Gasteiger partial charge in [0.2, 0.25) is 5.95 Å². The standard InChI is InChI=1S/C25H20BrN5/c26-20-7-4-8-21(15-20)28-23-22-13-14-31(24(22)30-25(27)29-23)16-17-9-11-19(12-10-17)18-5-2-1-3-6-18/h1-15H,16H2,(H3,27,28,29,30). The van der Waals surface area contributed by atoms with E-state index in [1.54, 1.807) is 0 Å². The first-order valence-corrected chi connectivity index (χ1v) is 10.7. The van der Waals surface area contributed by atoms with Gasteiger partial charge in [-0.1, -0.05) is 76.6 Å². The monoisotopic (exact) mass is 469 g/mol. The molecule has 2 heterocycles. The molecule has 0 atom stereocenters. The Morgan fingerprint density at radius 1 is 0.839 bits per heavy atom. The van der Waals surface area contributed by atoms with Gasteiger partial charge in [0.15, 0.2) is 0 Å². The van der Waals surface area contributed by atoms with E-state index in [2.05, 4.69) is 84.3 Å². The highest BCUT2D eigenvalue weighted by molar-refractivity contribution is 9.10. The molecule has 6 heteroatoms. The van der Waals surface area contributed by atoms with Crippen molar-refractivity contribution in [2.45, 2.75) is 6.54 Å². The zero-order chi connectivity index (χ0) is 21.2. The number of hydrogen-bond acceptors (Lipinski definition) is 4. The van der Waals surface area contributed by atoms with Crippen molar-refractivity contribution in [2.24, 2.45) is 0 Å². The summed E-state index contributed by atoms with van der Waals surface area (Å²) in [6, 6.07) is 28.9. The van der Waals surface area contributed by atoms with Crippen molar-refractivity contribution < 1.29 is 0 Å². The average Bonchev–Trinajstić information content (AvgIpc) is 3.17. The third kappa shape index (κ3) is 4.15. The maximum atomic E-state index is 6.03. The van der Waals surface area contributed by atoms with Crippen molar-refractivity contribution in [3.05, 3.63) is 101 Å². The summed E-state index contributed by atoms with van der Waals surface area (Å²) in [5.74, 6) is 0.933. The van der Waals surface area contributed by atoms with Gasteiger partial charge in [0.05, 0.1) is 5.39 Å². The molecule has 0 amide bonds. The summed E-state index contributed by atoms with van der Waals surface area (Å²) in [6.45, 7) is 0.700. The van der Waals surface area contributed by atoms with E-state index >= 15 is 0 Å². The van der Waals surface area contributed by atoms with Crippen LogP contribution in [0.25, 0.3) is 22.2 Å². The highest BCUT2D eigenvalue weighted by atomic mass is 79.9. The second-order valence-corrected chi connectivity index (χ2v) is 8.23. The van der Waals surface area contributed by atoms with Gasteiger partial charge >= 0.3 is 0 Å². The Morgan fingerprint density at radius 3 is 2.39 bits per heavy atom. The van der Waals surface area contributed by atoms with Crippen LogP contribution < -0.4 is 11.1 Å². The number of nitrogens with one attached hydrogen (secondary N) is 1. The number of rotatable bonds is 5. The minimum absolute atomic E-state index is 0.240. The van der Waals surface area contributed by atoms with Gasteiger partial charge in [-0.2, -0.15) is 9.97 Å². The minimum atomic E-state index is 0.240. The highest BCUT2D eigenvalue weighted by Gasteiger charge is 2.12. The van der Waals surface area contributed by atoms with E-state index in [9.17, 15) is 0 Å². The van der Waals surface area contributed by atoms with Crippen LogP contribution in [0.5, 0.6) is 0 Å². The van der Waals surface area contributed by atoms with Crippen LogP contribution in [0.1, 0.15) is 5.56 Å². The number of nitrogens with two attached hydrogens (primary N) is 1. The smallest absolute Gasteiger partial charge is 0.224 e. The van der Waals surface area contributed by atoms with Gasteiger partial charge in [-0.25, -0.2) is 0 Å². The fraction of sp³-hybridized carbons (Fsp3) is 0.0400. The van der Waals surface area contributed by atoms with E-state index in [-0.39, 0.29) is 5.95 Å². The van der Waals surface area contributed by atoms with Gasteiger partial charge in [0.1, 0.15) is 11.5 Å². The van der Waals surface area contributed by atoms with Crippen molar-refractivity contribution >= 4 is 44.4 Å². The Morgan fingerprint density at radius 2 is 1.61 bits per heavy atom. The molecule has 5 aromatic rings. The van der Waals surface area contributed by atoms with Crippen LogP contribution in [-0.2, 0) is 6.54 Å². The molecule has 5 rings (SSSR count). The minimum Gasteiger partial charge on any atom is -0.368 e. The Kier molecular flexibility index (Phi) is 5.14. The molecule has 0 saturated carbocycles. The summed E-state index contributed by atoms with van der Waals surface area (Å²) in [5.41, 5.74) is 11.4. The summed E-state index contributed by atoms with van der Waals surface area (Å²) in [4.78, 5) is 8.92. The van der Waals surface area contributed by atoms with Crippen LogP contribution in [0.4, 0.5) is 17.5 Å². The first-order valence-electron chi connectivity index (χ1n) is 9.95. The van der Waals surface area contributed by atoms with Crippen LogP contribution in [0.15, 0.2) is 95.6 Å². The molecule has 3 N–H and O–H groups in total. The number of anilines is 3. The largest absolute Gasteiger partial charge is 0.368 e. The van der Waals surface area contributed by atoms with Crippen LogP contribution >= 0.6 is 15.9 Å².